The lowest BCUT2D eigenvalue weighted by Gasteiger charge is -2.04. The van der Waals surface area contributed by atoms with Gasteiger partial charge < -0.3 is 0 Å². The Morgan fingerprint density at radius 3 is 2.14 bits per heavy atom. The summed E-state index contributed by atoms with van der Waals surface area (Å²) < 4.78 is 0. The topological polar surface area (TPSA) is 14.1 Å². The van der Waals surface area contributed by atoms with E-state index in [-0.39, 0.29) is 0 Å². The predicted molar refractivity (Wildman–Crippen MR) is 60.2 cm³/mol. The lowest BCUT2D eigenvalue weighted by atomic mass is 10.00. The third-order valence-corrected chi connectivity index (χ3v) is 3.25. The van der Waals surface area contributed by atoms with Crippen LogP contribution in [0.4, 0.5) is 0 Å². The van der Waals surface area contributed by atoms with E-state index in [0.717, 1.165) is 11.4 Å². The van der Waals surface area contributed by atoms with Crippen LogP contribution in [-0.2, 0) is 0 Å². The van der Waals surface area contributed by atoms with Crippen LogP contribution < -0.4 is 15.8 Å². The first-order valence-electron chi connectivity index (χ1n) is 5.02. The third-order valence-electron chi connectivity index (χ3n) is 3.25. The Labute approximate surface area is 85.2 Å². The van der Waals surface area contributed by atoms with Gasteiger partial charge in [0.25, 0.3) is 0 Å². The molecule has 14 heavy (non-hydrogen) atoms. The molecule has 0 unspecified atom stereocenters. The Balaban J connectivity index is 3.05. The summed E-state index contributed by atoms with van der Waals surface area (Å²) in [5.41, 5.74) is 6.47. The van der Waals surface area contributed by atoms with Gasteiger partial charge in [-0.25, -0.2) is 0 Å². The summed E-state index contributed by atoms with van der Waals surface area (Å²) in [5.74, 6) is 0. The van der Waals surface area contributed by atoms with E-state index in [1.165, 1.54) is 27.1 Å². The number of aryl methyl sites for hydroxylation is 1. The van der Waals surface area contributed by atoms with Crippen molar-refractivity contribution in [3.63, 3.8) is 0 Å². The summed E-state index contributed by atoms with van der Waals surface area (Å²) >= 11 is 0. The fourth-order valence-electron chi connectivity index (χ4n) is 2.20. The molecule has 1 aliphatic heterocycles. The van der Waals surface area contributed by atoms with Crippen molar-refractivity contribution >= 4 is 11.4 Å². The molecular weight excluding hydrogens is 170 g/mol. The second-order valence-corrected chi connectivity index (χ2v) is 4.15. The molecule has 1 radical (unpaired) electrons. The van der Waals surface area contributed by atoms with Crippen LogP contribution in [0.2, 0.25) is 0 Å². The van der Waals surface area contributed by atoms with Crippen LogP contribution in [0.1, 0.15) is 30.5 Å². The highest BCUT2D eigenvalue weighted by molar-refractivity contribution is 5.63. The van der Waals surface area contributed by atoms with Crippen LogP contribution in [0.5, 0.6) is 0 Å². The van der Waals surface area contributed by atoms with Crippen molar-refractivity contribution in [1.29, 1.82) is 0 Å². The normalized spacial score (nSPS) is 14.4. The van der Waals surface area contributed by atoms with Gasteiger partial charge in [-0.15, -0.1) is 0 Å². The van der Waals surface area contributed by atoms with Crippen LogP contribution in [0, 0.1) is 20.8 Å². The number of benzene rings is 1. The van der Waals surface area contributed by atoms with Crippen molar-refractivity contribution in [3.05, 3.63) is 33.2 Å². The van der Waals surface area contributed by atoms with Crippen molar-refractivity contribution in [2.45, 2.75) is 34.6 Å². The molecular formula is C13H16N. The van der Waals surface area contributed by atoms with Crippen LogP contribution in [0.15, 0.2) is 6.07 Å². The first-order chi connectivity index (χ1) is 6.52. The van der Waals surface area contributed by atoms with E-state index in [2.05, 4.69) is 46.0 Å². The molecule has 1 nitrogen and oxygen atoms in total. The van der Waals surface area contributed by atoms with Gasteiger partial charge >= 0.3 is 0 Å². The molecule has 1 heteroatoms. The van der Waals surface area contributed by atoms with Crippen molar-refractivity contribution < 1.29 is 0 Å². The van der Waals surface area contributed by atoms with Crippen molar-refractivity contribution in [3.8, 4) is 0 Å². The Morgan fingerprint density at radius 1 is 0.857 bits per heavy atom. The van der Waals surface area contributed by atoms with Crippen molar-refractivity contribution in [1.82, 2.24) is 5.32 Å². The monoisotopic (exact) mass is 186 g/mol. The molecule has 0 saturated carbocycles. The van der Waals surface area contributed by atoms with Gasteiger partial charge in [-0.2, -0.15) is 0 Å². The molecule has 2 rings (SSSR count). The molecule has 0 fully saturated rings. The third kappa shape index (κ3) is 1.08. The lowest BCUT2D eigenvalue weighted by molar-refractivity contribution is 1.19. The zero-order valence-electron chi connectivity index (χ0n) is 9.52. The maximum Gasteiger partial charge on any atom is 0.0457 e. The molecule has 0 N–H and O–H groups in total. The second-order valence-electron chi connectivity index (χ2n) is 4.15. The molecule has 1 heterocycles. The Morgan fingerprint density at radius 2 is 1.50 bits per heavy atom. The van der Waals surface area contributed by atoms with E-state index in [1.807, 2.05) is 0 Å². The number of nitrogens with zero attached hydrogens (tertiary/aromatic N) is 1. The predicted octanol–water partition coefficient (Wildman–Crippen LogP) is 1.49. The largest absolute Gasteiger partial charge is 0.257 e. The molecule has 1 aromatic carbocycles. The molecule has 0 bridgehead atoms. The fourth-order valence-corrected chi connectivity index (χ4v) is 2.20. The van der Waals surface area contributed by atoms with Crippen molar-refractivity contribution in [2.75, 3.05) is 0 Å². The highest BCUT2D eigenvalue weighted by atomic mass is 14.9. The highest BCUT2D eigenvalue weighted by Gasteiger charge is 2.11. The van der Waals surface area contributed by atoms with Crippen LogP contribution >= 0.6 is 0 Å². The summed E-state index contributed by atoms with van der Waals surface area (Å²) in [6.45, 7) is 10.7. The SMILES string of the molecule is CC1=c2cc(C)c(C)c(C)c2=C(C)[N]1. The van der Waals surface area contributed by atoms with E-state index < -0.39 is 0 Å². The molecule has 73 valence electrons. The summed E-state index contributed by atoms with van der Waals surface area (Å²) in [6.07, 6.45) is 0. The maximum atomic E-state index is 4.53. The van der Waals surface area contributed by atoms with Gasteiger partial charge in [-0.3, -0.25) is 5.32 Å². The zero-order valence-corrected chi connectivity index (χ0v) is 9.52. The van der Waals surface area contributed by atoms with Gasteiger partial charge in [0, 0.05) is 21.8 Å². The molecule has 0 amide bonds. The maximum absolute atomic E-state index is 4.53. The van der Waals surface area contributed by atoms with Crippen LogP contribution in [0.25, 0.3) is 11.4 Å². The molecule has 1 aliphatic rings. The first kappa shape index (κ1) is 9.32. The molecule has 0 saturated heterocycles. The second kappa shape index (κ2) is 2.88. The van der Waals surface area contributed by atoms with Crippen LogP contribution in [-0.4, -0.2) is 0 Å². The Hall–Kier alpha value is -1.24. The highest BCUT2D eigenvalue weighted by Crippen LogP contribution is 2.09. The standard InChI is InChI=1S/C13H16N/c1-7-6-12-10(4)14-11(5)13(12)9(3)8(7)2/h6H,1-5H3. The lowest BCUT2D eigenvalue weighted by Crippen LogP contribution is -2.28. The smallest absolute Gasteiger partial charge is 0.0457 e. The van der Waals surface area contributed by atoms with Gasteiger partial charge in [0.1, 0.15) is 0 Å². The van der Waals surface area contributed by atoms with Crippen molar-refractivity contribution in [2.24, 2.45) is 0 Å². The van der Waals surface area contributed by atoms with Gasteiger partial charge in [0.15, 0.2) is 0 Å². The minimum Gasteiger partial charge on any atom is -0.257 e. The molecule has 0 spiro atoms. The van der Waals surface area contributed by atoms with E-state index in [0.29, 0.717) is 0 Å². The Kier molecular flexibility index (Phi) is 1.91. The summed E-state index contributed by atoms with van der Waals surface area (Å²) in [5, 5.41) is 7.21. The number of rotatable bonds is 0. The summed E-state index contributed by atoms with van der Waals surface area (Å²) in [4.78, 5) is 0. The molecule has 1 aromatic rings. The average Bonchev–Trinajstić information content (AvgIpc) is 2.38. The first-order valence-corrected chi connectivity index (χ1v) is 5.02. The molecule has 0 atom stereocenters. The fraction of sp³-hybridized carbons (Fsp3) is 0.385. The number of hydrogen-bond acceptors (Lipinski definition) is 0. The number of hydrogen-bond donors (Lipinski definition) is 0. The van der Waals surface area contributed by atoms with Gasteiger partial charge in [0.2, 0.25) is 0 Å². The van der Waals surface area contributed by atoms with Crippen LogP contribution in [0.3, 0.4) is 0 Å². The summed E-state index contributed by atoms with van der Waals surface area (Å²) in [6, 6.07) is 2.26. The van der Waals surface area contributed by atoms with E-state index in [1.54, 1.807) is 0 Å². The quantitative estimate of drug-likeness (QED) is 0.583. The minimum absolute atomic E-state index is 1.16. The van der Waals surface area contributed by atoms with Gasteiger partial charge in [-0.05, 0) is 57.4 Å². The van der Waals surface area contributed by atoms with E-state index in [4.69, 9.17) is 0 Å². The average molecular weight is 186 g/mol. The minimum atomic E-state index is 1.16. The van der Waals surface area contributed by atoms with E-state index >= 15 is 0 Å². The van der Waals surface area contributed by atoms with Gasteiger partial charge in [0.05, 0.1) is 0 Å². The summed E-state index contributed by atoms with van der Waals surface area (Å²) in [7, 11) is 0. The molecule has 0 aromatic heterocycles. The van der Waals surface area contributed by atoms with E-state index in [9.17, 15) is 0 Å². The molecule has 0 aliphatic carbocycles. The van der Waals surface area contributed by atoms with Gasteiger partial charge in [-0.1, -0.05) is 0 Å². The zero-order chi connectivity index (χ0) is 10.5. The Bertz CT molecular complexity index is 521. The number of fused-ring (bicyclic) bond motifs is 1.